The van der Waals surface area contributed by atoms with E-state index >= 15 is 0 Å². The third-order valence-electron chi connectivity index (χ3n) is 4.73. The molecule has 1 saturated heterocycles. The third kappa shape index (κ3) is 6.35. The van der Waals surface area contributed by atoms with Crippen LogP contribution < -0.4 is 5.32 Å². The Hall–Kier alpha value is -2.38. The van der Waals surface area contributed by atoms with Crippen molar-refractivity contribution in [2.45, 2.75) is 31.7 Å². The predicted molar refractivity (Wildman–Crippen MR) is 112 cm³/mol. The molecule has 0 atom stereocenters. The van der Waals surface area contributed by atoms with Crippen molar-refractivity contribution in [3.05, 3.63) is 75.3 Å². The molecule has 2 aromatic rings. The Morgan fingerprint density at radius 1 is 1.07 bits per heavy atom. The molecule has 0 unspecified atom stereocenters. The van der Waals surface area contributed by atoms with Crippen LogP contribution in [0.4, 0.5) is 5.69 Å². The lowest BCUT2D eigenvalue weighted by Crippen LogP contribution is -2.24. The van der Waals surface area contributed by atoms with Gasteiger partial charge >= 0.3 is 0 Å². The lowest BCUT2D eigenvalue weighted by Gasteiger charge is -2.15. The Kier molecular flexibility index (Phi) is 7.45. The molecule has 0 aromatic heterocycles. The van der Waals surface area contributed by atoms with E-state index in [0.717, 1.165) is 17.7 Å². The maximum Gasteiger partial charge on any atom is 0.269 e. The molecule has 1 aliphatic rings. The second-order valence-corrected chi connectivity index (χ2v) is 7.98. The molecule has 1 heterocycles. The smallest absolute Gasteiger partial charge is 0.269 e. The van der Waals surface area contributed by atoms with Crippen LogP contribution in [-0.4, -0.2) is 34.6 Å². The number of nitrogens with zero attached hydrogens (tertiary/aromatic N) is 2. The normalized spacial score (nSPS) is 14.1. The number of nitrogens with one attached hydrogen (secondary N) is 1. The maximum absolute atomic E-state index is 12.1. The number of amides is 1. The van der Waals surface area contributed by atoms with Gasteiger partial charge < -0.3 is 5.32 Å². The molecule has 148 valence electrons. The minimum atomic E-state index is -0.412. The molecule has 1 fully saturated rings. The first-order chi connectivity index (χ1) is 13.6. The second-order valence-electron chi connectivity index (χ2n) is 7.00. The van der Waals surface area contributed by atoms with Gasteiger partial charge in [0.15, 0.2) is 0 Å². The number of nitro benzene ring substituents is 1. The van der Waals surface area contributed by atoms with Crippen LogP contribution in [0.25, 0.3) is 0 Å². The fourth-order valence-electron chi connectivity index (χ4n) is 3.26. The fraction of sp³-hybridized carbons (Fsp3) is 0.381. The van der Waals surface area contributed by atoms with Crippen LogP contribution in [0.3, 0.4) is 0 Å². The van der Waals surface area contributed by atoms with Crippen molar-refractivity contribution in [2.75, 3.05) is 18.8 Å². The van der Waals surface area contributed by atoms with E-state index in [1.807, 2.05) is 6.07 Å². The molecule has 0 saturated carbocycles. The zero-order chi connectivity index (χ0) is 19.8. The first kappa shape index (κ1) is 20.4. The third-order valence-corrected chi connectivity index (χ3v) is 5.74. The molecule has 6 nitrogen and oxygen atoms in total. The van der Waals surface area contributed by atoms with Crippen molar-refractivity contribution in [3.63, 3.8) is 0 Å². The number of carbonyl (C=O) groups excluding carboxylic acids is 1. The van der Waals surface area contributed by atoms with Gasteiger partial charge in [0.1, 0.15) is 0 Å². The van der Waals surface area contributed by atoms with Gasteiger partial charge in [0, 0.05) is 31.0 Å². The summed E-state index contributed by atoms with van der Waals surface area (Å²) in [7, 11) is 0. The number of hydrogen-bond donors (Lipinski definition) is 1. The van der Waals surface area contributed by atoms with Gasteiger partial charge in [-0.3, -0.25) is 19.8 Å². The highest BCUT2D eigenvalue weighted by Gasteiger charge is 2.12. The minimum absolute atomic E-state index is 0.00291. The number of rotatable bonds is 9. The Bertz CT molecular complexity index is 805. The molecule has 0 radical (unpaired) electrons. The van der Waals surface area contributed by atoms with E-state index in [9.17, 15) is 14.9 Å². The van der Waals surface area contributed by atoms with Crippen molar-refractivity contribution in [2.24, 2.45) is 0 Å². The number of likely N-dealkylation sites (tertiary alicyclic amines) is 1. The van der Waals surface area contributed by atoms with Gasteiger partial charge in [-0.05, 0) is 42.6 Å². The number of nitro groups is 1. The highest BCUT2D eigenvalue weighted by Crippen LogP contribution is 2.17. The Labute approximate surface area is 169 Å². The van der Waals surface area contributed by atoms with E-state index in [-0.39, 0.29) is 11.6 Å². The summed E-state index contributed by atoms with van der Waals surface area (Å²) >= 11 is 1.50. The summed E-state index contributed by atoms with van der Waals surface area (Å²) < 4.78 is 0. The van der Waals surface area contributed by atoms with Crippen LogP contribution in [0, 0.1) is 10.1 Å². The monoisotopic (exact) mass is 399 g/mol. The van der Waals surface area contributed by atoms with E-state index in [1.54, 1.807) is 12.1 Å². The number of non-ortho nitro benzene ring substituents is 1. The van der Waals surface area contributed by atoms with E-state index < -0.39 is 4.92 Å². The van der Waals surface area contributed by atoms with Gasteiger partial charge in [0.25, 0.3) is 5.69 Å². The zero-order valence-electron chi connectivity index (χ0n) is 15.8. The van der Waals surface area contributed by atoms with Crippen LogP contribution in [0.15, 0.2) is 48.5 Å². The van der Waals surface area contributed by atoms with E-state index in [0.29, 0.717) is 18.1 Å². The summed E-state index contributed by atoms with van der Waals surface area (Å²) in [6.45, 7) is 3.86. The quantitative estimate of drug-likeness (QED) is 0.513. The molecule has 0 aliphatic carbocycles. The van der Waals surface area contributed by atoms with Gasteiger partial charge in [-0.1, -0.05) is 36.4 Å². The summed E-state index contributed by atoms with van der Waals surface area (Å²) in [5.74, 6) is 1.01. The maximum atomic E-state index is 12.1. The Morgan fingerprint density at radius 2 is 1.79 bits per heavy atom. The van der Waals surface area contributed by atoms with Gasteiger partial charge in [-0.15, -0.1) is 11.8 Å². The Morgan fingerprint density at radius 3 is 2.50 bits per heavy atom. The topological polar surface area (TPSA) is 75.5 Å². The summed E-state index contributed by atoms with van der Waals surface area (Å²) in [5, 5.41) is 13.6. The Balaban J connectivity index is 1.38. The summed E-state index contributed by atoms with van der Waals surface area (Å²) in [6.07, 6.45) is 2.57. The van der Waals surface area contributed by atoms with Gasteiger partial charge in [-0.25, -0.2) is 0 Å². The van der Waals surface area contributed by atoms with Crippen molar-refractivity contribution in [1.29, 1.82) is 0 Å². The van der Waals surface area contributed by atoms with Crippen molar-refractivity contribution in [1.82, 2.24) is 10.2 Å². The molecule has 1 amide bonds. The van der Waals surface area contributed by atoms with Gasteiger partial charge in [0.05, 0.1) is 10.7 Å². The van der Waals surface area contributed by atoms with E-state index in [2.05, 4.69) is 28.4 Å². The molecule has 1 aliphatic heterocycles. The first-order valence-electron chi connectivity index (χ1n) is 9.48. The van der Waals surface area contributed by atoms with E-state index in [4.69, 9.17) is 0 Å². The SMILES string of the molecule is O=C(CSCc1ccc([N+](=O)[O-])cc1)NCc1cccc(CN2CCCC2)c1. The highest BCUT2D eigenvalue weighted by molar-refractivity contribution is 7.99. The van der Waals surface area contributed by atoms with Crippen molar-refractivity contribution in [3.8, 4) is 0 Å². The van der Waals surface area contributed by atoms with Gasteiger partial charge in [0.2, 0.25) is 5.91 Å². The lowest BCUT2D eigenvalue weighted by atomic mass is 10.1. The van der Waals surface area contributed by atoms with Crippen molar-refractivity contribution < 1.29 is 9.72 Å². The molecular weight excluding hydrogens is 374 g/mol. The largest absolute Gasteiger partial charge is 0.351 e. The summed E-state index contributed by atoms with van der Waals surface area (Å²) in [6, 6.07) is 14.8. The van der Waals surface area contributed by atoms with Crippen LogP contribution in [0.5, 0.6) is 0 Å². The number of thioether (sulfide) groups is 1. The van der Waals surface area contributed by atoms with Crippen LogP contribution >= 0.6 is 11.8 Å². The molecule has 0 spiro atoms. The molecule has 3 rings (SSSR count). The van der Waals surface area contributed by atoms with Crippen LogP contribution in [0.1, 0.15) is 29.5 Å². The summed E-state index contributed by atoms with van der Waals surface area (Å²) in [5.41, 5.74) is 3.46. The first-order valence-corrected chi connectivity index (χ1v) is 10.6. The zero-order valence-corrected chi connectivity index (χ0v) is 16.6. The number of carbonyl (C=O) groups is 1. The summed E-state index contributed by atoms with van der Waals surface area (Å²) in [4.78, 5) is 24.8. The fourth-order valence-corrected chi connectivity index (χ4v) is 4.08. The second kappa shape index (κ2) is 10.2. The molecule has 0 bridgehead atoms. The highest BCUT2D eigenvalue weighted by atomic mass is 32.2. The molecular formula is C21H25N3O3S. The average molecular weight is 400 g/mol. The van der Waals surface area contributed by atoms with Crippen molar-refractivity contribution >= 4 is 23.4 Å². The number of hydrogen-bond acceptors (Lipinski definition) is 5. The van der Waals surface area contributed by atoms with Crippen LogP contribution in [-0.2, 0) is 23.6 Å². The average Bonchev–Trinajstić information content (AvgIpc) is 3.20. The standard InChI is InChI=1S/C21H25N3O3S/c25-21(16-28-15-17-6-8-20(9-7-17)24(26)27)22-13-18-4-3-5-19(12-18)14-23-10-1-2-11-23/h3-9,12H,1-2,10-11,13-16H2,(H,22,25). The lowest BCUT2D eigenvalue weighted by molar-refractivity contribution is -0.384. The van der Waals surface area contributed by atoms with E-state index in [1.165, 1.54) is 55.4 Å². The molecule has 2 aromatic carbocycles. The molecule has 1 N–H and O–H groups in total. The number of benzene rings is 2. The minimum Gasteiger partial charge on any atom is -0.351 e. The van der Waals surface area contributed by atoms with Crippen LogP contribution in [0.2, 0.25) is 0 Å². The molecule has 28 heavy (non-hydrogen) atoms. The molecule has 7 heteroatoms. The predicted octanol–water partition coefficient (Wildman–Crippen LogP) is 3.74. The van der Waals surface area contributed by atoms with Gasteiger partial charge in [-0.2, -0.15) is 0 Å².